The number of para-hydroxylation sites is 2. The summed E-state index contributed by atoms with van der Waals surface area (Å²) in [6.45, 7) is 2.88. The number of amides is 1. The predicted molar refractivity (Wildman–Crippen MR) is 137 cm³/mol. The van der Waals surface area contributed by atoms with E-state index >= 15 is 0 Å². The van der Waals surface area contributed by atoms with Crippen molar-refractivity contribution >= 4 is 34.3 Å². The van der Waals surface area contributed by atoms with Crippen molar-refractivity contribution in [1.29, 1.82) is 0 Å². The Morgan fingerprint density at radius 3 is 2.35 bits per heavy atom. The quantitative estimate of drug-likeness (QED) is 0.226. The molecule has 0 aliphatic rings. The molecule has 6 heteroatoms. The molecule has 1 heterocycles. The van der Waals surface area contributed by atoms with Gasteiger partial charge in [0.1, 0.15) is 5.82 Å². The Labute approximate surface area is 204 Å². The molecule has 0 unspecified atom stereocenters. The summed E-state index contributed by atoms with van der Waals surface area (Å²) in [6, 6.07) is 22.5. The second-order valence-electron chi connectivity index (χ2n) is 8.47. The van der Waals surface area contributed by atoms with E-state index in [1.165, 1.54) is 0 Å². The summed E-state index contributed by atoms with van der Waals surface area (Å²) in [6.07, 6.45) is 3.55. The van der Waals surface area contributed by atoms with Gasteiger partial charge in [0, 0.05) is 29.1 Å². The molecular formula is C28H28ClN3O2. The Bertz CT molecular complexity index is 1280. The summed E-state index contributed by atoms with van der Waals surface area (Å²) in [5, 5.41) is 3.60. The summed E-state index contributed by atoms with van der Waals surface area (Å²) in [4.78, 5) is 29.9. The molecule has 1 aromatic heterocycles. The fourth-order valence-electron chi connectivity index (χ4n) is 3.96. The van der Waals surface area contributed by atoms with E-state index in [0.717, 1.165) is 48.1 Å². The normalized spacial score (nSPS) is 11.0. The number of benzene rings is 3. The van der Waals surface area contributed by atoms with Gasteiger partial charge in [0.05, 0.1) is 17.6 Å². The van der Waals surface area contributed by atoms with Crippen molar-refractivity contribution in [2.45, 2.75) is 39.2 Å². The Morgan fingerprint density at radius 2 is 1.59 bits per heavy atom. The van der Waals surface area contributed by atoms with E-state index in [9.17, 15) is 9.59 Å². The van der Waals surface area contributed by atoms with Crippen molar-refractivity contribution in [2.75, 3.05) is 6.54 Å². The molecule has 1 N–H and O–H groups in total. The van der Waals surface area contributed by atoms with E-state index in [2.05, 4.69) is 5.32 Å². The maximum absolute atomic E-state index is 12.9. The van der Waals surface area contributed by atoms with Gasteiger partial charge in [-0.25, -0.2) is 4.98 Å². The molecular weight excluding hydrogens is 446 g/mol. The number of unbranched alkanes of at least 4 members (excludes halogenated alkanes) is 2. The number of aryl methyl sites for hydroxylation is 2. The number of hydrogen-bond donors (Lipinski definition) is 1. The molecule has 0 radical (unpaired) electrons. The number of carbonyl (C=O) groups is 2. The van der Waals surface area contributed by atoms with Gasteiger partial charge in [-0.2, -0.15) is 0 Å². The number of halogens is 1. The number of fused-ring (bicyclic) bond motifs is 1. The lowest BCUT2D eigenvalue weighted by molar-refractivity contribution is 0.0950. The zero-order chi connectivity index (χ0) is 23.9. The highest BCUT2D eigenvalue weighted by Crippen LogP contribution is 2.19. The lowest BCUT2D eigenvalue weighted by atomic mass is 10.1. The molecule has 4 aromatic rings. The largest absolute Gasteiger partial charge is 0.352 e. The summed E-state index contributed by atoms with van der Waals surface area (Å²) in [7, 11) is 0. The number of imidazole rings is 1. The van der Waals surface area contributed by atoms with Crippen LogP contribution < -0.4 is 5.32 Å². The van der Waals surface area contributed by atoms with E-state index < -0.39 is 0 Å². The van der Waals surface area contributed by atoms with Crippen LogP contribution in [0.2, 0.25) is 5.02 Å². The number of nitrogens with one attached hydrogen (secondary N) is 1. The van der Waals surface area contributed by atoms with Gasteiger partial charge >= 0.3 is 0 Å². The third kappa shape index (κ3) is 5.91. The molecule has 0 aliphatic carbocycles. The highest BCUT2D eigenvalue weighted by Gasteiger charge is 2.15. The van der Waals surface area contributed by atoms with Crippen LogP contribution in [-0.2, 0) is 13.0 Å². The SMILES string of the molecule is Cc1ccc(C(=O)NCCCCCc2nc3ccccc3n2CC(=O)c2ccc(Cl)cc2)cc1. The maximum atomic E-state index is 12.9. The molecule has 0 atom stereocenters. The average Bonchev–Trinajstić information content (AvgIpc) is 3.19. The monoisotopic (exact) mass is 473 g/mol. The highest BCUT2D eigenvalue weighted by molar-refractivity contribution is 6.30. The molecule has 0 aliphatic heterocycles. The minimum atomic E-state index is -0.0393. The number of aromatic nitrogens is 2. The lowest BCUT2D eigenvalue weighted by Gasteiger charge is -2.09. The van der Waals surface area contributed by atoms with Crippen LogP contribution in [0.4, 0.5) is 0 Å². The van der Waals surface area contributed by atoms with Crippen molar-refractivity contribution < 1.29 is 9.59 Å². The fraction of sp³-hybridized carbons (Fsp3) is 0.250. The van der Waals surface area contributed by atoms with E-state index in [1.807, 2.05) is 60.0 Å². The lowest BCUT2D eigenvalue weighted by Crippen LogP contribution is -2.24. The molecule has 0 spiro atoms. The van der Waals surface area contributed by atoms with Gasteiger partial charge in [0.2, 0.25) is 0 Å². The first kappa shape index (κ1) is 23.7. The van der Waals surface area contributed by atoms with E-state index in [1.54, 1.807) is 24.3 Å². The van der Waals surface area contributed by atoms with Crippen molar-refractivity contribution in [3.63, 3.8) is 0 Å². The smallest absolute Gasteiger partial charge is 0.251 e. The van der Waals surface area contributed by atoms with Gasteiger partial charge in [-0.05, 0) is 68.3 Å². The van der Waals surface area contributed by atoms with Crippen LogP contribution in [0.25, 0.3) is 11.0 Å². The van der Waals surface area contributed by atoms with Crippen LogP contribution in [0, 0.1) is 6.92 Å². The third-order valence-electron chi connectivity index (χ3n) is 5.88. The second kappa shape index (κ2) is 11.1. The topological polar surface area (TPSA) is 64.0 Å². The van der Waals surface area contributed by atoms with Crippen LogP contribution in [-0.4, -0.2) is 27.8 Å². The molecule has 0 fully saturated rings. The molecule has 1 amide bonds. The first-order valence-electron chi connectivity index (χ1n) is 11.6. The second-order valence-corrected chi connectivity index (χ2v) is 8.90. The number of hydrogen-bond acceptors (Lipinski definition) is 3. The Kier molecular flexibility index (Phi) is 7.76. The molecule has 174 valence electrons. The molecule has 5 nitrogen and oxygen atoms in total. The van der Waals surface area contributed by atoms with Crippen LogP contribution >= 0.6 is 11.6 Å². The maximum Gasteiger partial charge on any atom is 0.251 e. The minimum absolute atomic E-state index is 0.0277. The zero-order valence-corrected chi connectivity index (χ0v) is 20.0. The van der Waals surface area contributed by atoms with Gasteiger partial charge in [0.25, 0.3) is 5.91 Å². The average molecular weight is 474 g/mol. The Balaban J connectivity index is 1.33. The summed E-state index contributed by atoms with van der Waals surface area (Å²) in [5.41, 5.74) is 4.32. The summed E-state index contributed by atoms with van der Waals surface area (Å²) < 4.78 is 2.02. The van der Waals surface area contributed by atoms with Gasteiger partial charge < -0.3 is 9.88 Å². The molecule has 4 rings (SSSR count). The number of nitrogens with zero attached hydrogens (tertiary/aromatic N) is 2. The van der Waals surface area contributed by atoms with Crippen LogP contribution in [0.15, 0.2) is 72.8 Å². The minimum Gasteiger partial charge on any atom is -0.352 e. The Hall–Kier alpha value is -3.44. The summed E-state index contributed by atoms with van der Waals surface area (Å²) in [5.74, 6) is 0.898. The van der Waals surface area contributed by atoms with Gasteiger partial charge in [-0.1, -0.05) is 47.9 Å². The van der Waals surface area contributed by atoms with Gasteiger partial charge in [-0.3, -0.25) is 9.59 Å². The molecule has 0 bridgehead atoms. The van der Waals surface area contributed by atoms with Crippen molar-refractivity contribution in [1.82, 2.24) is 14.9 Å². The fourth-order valence-corrected chi connectivity index (χ4v) is 4.08. The molecule has 0 saturated heterocycles. The number of carbonyl (C=O) groups excluding carboxylic acids is 2. The standard InChI is InChI=1S/C28H28ClN3O2/c1-20-10-12-22(13-11-20)28(34)30-18-6-2-3-9-27-31-24-7-4-5-8-25(24)32(27)19-26(33)21-14-16-23(29)17-15-21/h4-5,7-8,10-17H,2-3,6,9,18-19H2,1H3,(H,30,34). The van der Waals surface area contributed by atoms with Crippen LogP contribution in [0.1, 0.15) is 51.4 Å². The number of rotatable bonds is 10. The first-order valence-corrected chi connectivity index (χ1v) is 12.0. The Morgan fingerprint density at radius 1 is 0.882 bits per heavy atom. The molecule has 3 aromatic carbocycles. The molecule has 0 saturated carbocycles. The van der Waals surface area contributed by atoms with E-state index in [-0.39, 0.29) is 18.2 Å². The number of ketones is 1. The zero-order valence-electron chi connectivity index (χ0n) is 19.3. The van der Waals surface area contributed by atoms with Crippen LogP contribution in [0.5, 0.6) is 0 Å². The van der Waals surface area contributed by atoms with Gasteiger partial charge in [-0.15, -0.1) is 0 Å². The van der Waals surface area contributed by atoms with Crippen molar-refractivity contribution in [3.05, 3.63) is 100 Å². The first-order chi connectivity index (χ1) is 16.5. The third-order valence-corrected chi connectivity index (χ3v) is 6.13. The van der Waals surface area contributed by atoms with E-state index in [4.69, 9.17) is 16.6 Å². The van der Waals surface area contributed by atoms with Crippen molar-refractivity contribution in [3.8, 4) is 0 Å². The van der Waals surface area contributed by atoms with Crippen molar-refractivity contribution in [2.24, 2.45) is 0 Å². The number of Topliss-reactive ketones (excluding diaryl/α,β-unsaturated/α-hetero) is 1. The van der Waals surface area contributed by atoms with Gasteiger partial charge in [0.15, 0.2) is 5.78 Å². The molecule has 34 heavy (non-hydrogen) atoms. The highest BCUT2D eigenvalue weighted by atomic mass is 35.5. The van der Waals surface area contributed by atoms with Crippen LogP contribution in [0.3, 0.4) is 0 Å². The predicted octanol–water partition coefficient (Wildman–Crippen LogP) is 6.02. The summed E-state index contributed by atoms with van der Waals surface area (Å²) >= 11 is 5.96. The van der Waals surface area contributed by atoms with E-state index in [0.29, 0.717) is 22.7 Å².